The lowest BCUT2D eigenvalue weighted by atomic mass is 10.1. The SMILES string of the molecule is C1=CC2(OCCO2)c2ccccc21. The molecular formula is C11H10O2. The normalized spacial score (nSPS) is 22.5. The molecular weight excluding hydrogens is 164 g/mol. The minimum absolute atomic E-state index is 0.559. The number of hydrogen-bond donors (Lipinski definition) is 0. The van der Waals surface area contributed by atoms with Crippen molar-refractivity contribution in [3.8, 4) is 0 Å². The van der Waals surface area contributed by atoms with Crippen LogP contribution in [-0.4, -0.2) is 13.2 Å². The first-order valence-electron chi connectivity index (χ1n) is 4.47. The van der Waals surface area contributed by atoms with Gasteiger partial charge in [-0.15, -0.1) is 0 Å². The summed E-state index contributed by atoms with van der Waals surface area (Å²) in [6.07, 6.45) is 4.05. The Morgan fingerprint density at radius 3 is 2.69 bits per heavy atom. The zero-order valence-corrected chi connectivity index (χ0v) is 7.19. The van der Waals surface area contributed by atoms with Crippen molar-refractivity contribution in [2.45, 2.75) is 5.79 Å². The molecule has 1 saturated heterocycles. The maximum Gasteiger partial charge on any atom is 0.216 e. The summed E-state index contributed by atoms with van der Waals surface area (Å²) in [6.45, 7) is 1.36. The Labute approximate surface area is 76.8 Å². The number of hydrogen-bond acceptors (Lipinski definition) is 2. The third-order valence-electron chi connectivity index (χ3n) is 2.53. The molecule has 3 rings (SSSR count). The number of rotatable bonds is 0. The highest BCUT2D eigenvalue weighted by atomic mass is 16.7. The van der Waals surface area contributed by atoms with Crippen molar-refractivity contribution in [1.82, 2.24) is 0 Å². The molecule has 1 aromatic rings. The molecule has 2 nitrogen and oxygen atoms in total. The molecule has 0 saturated carbocycles. The maximum atomic E-state index is 5.62. The lowest BCUT2D eigenvalue weighted by molar-refractivity contribution is -0.120. The molecule has 1 spiro atoms. The van der Waals surface area contributed by atoms with E-state index in [-0.39, 0.29) is 0 Å². The van der Waals surface area contributed by atoms with Gasteiger partial charge in [-0.3, -0.25) is 0 Å². The van der Waals surface area contributed by atoms with Crippen LogP contribution in [0.25, 0.3) is 6.08 Å². The summed E-state index contributed by atoms with van der Waals surface area (Å²) in [6, 6.07) is 8.17. The zero-order chi connectivity index (χ0) is 8.73. The van der Waals surface area contributed by atoms with Gasteiger partial charge in [-0.05, 0) is 11.6 Å². The van der Waals surface area contributed by atoms with Crippen LogP contribution in [0.1, 0.15) is 11.1 Å². The van der Waals surface area contributed by atoms with Gasteiger partial charge in [-0.2, -0.15) is 0 Å². The molecule has 0 amide bonds. The fourth-order valence-electron chi connectivity index (χ4n) is 1.93. The number of ether oxygens (including phenoxy) is 2. The summed E-state index contributed by atoms with van der Waals surface area (Å²) in [5.41, 5.74) is 2.33. The van der Waals surface area contributed by atoms with E-state index in [2.05, 4.69) is 18.2 Å². The predicted molar refractivity (Wildman–Crippen MR) is 49.1 cm³/mol. The third-order valence-corrected chi connectivity index (χ3v) is 2.53. The lowest BCUT2D eigenvalue weighted by Gasteiger charge is -2.21. The summed E-state index contributed by atoms with van der Waals surface area (Å²) in [7, 11) is 0. The molecule has 1 aliphatic carbocycles. The highest BCUT2D eigenvalue weighted by Gasteiger charge is 2.40. The molecule has 1 fully saturated rings. The molecule has 0 unspecified atom stereocenters. The van der Waals surface area contributed by atoms with E-state index in [0.29, 0.717) is 13.2 Å². The average molecular weight is 174 g/mol. The van der Waals surface area contributed by atoms with Crippen LogP contribution >= 0.6 is 0 Å². The Morgan fingerprint density at radius 1 is 1.08 bits per heavy atom. The quantitative estimate of drug-likeness (QED) is 0.598. The molecule has 2 aliphatic rings. The van der Waals surface area contributed by atoms with Crippen LogP contribution in [0, 0.1) is 0 Å². The second-order valence-electron chi connectivity index (χ2n) is 3.29. The molecule has 0 N–H and O–H groups in total. The Bertz CT molecular complexity index is 362. The van der Waals surface area contributed by atoms with Gasteiger partial charge in [0.1, 0.15) is 0 Å². The van der Waals surface area contributed by atoms with E-state index >= 15 is 0 Å². The lowest BCUT2D eigenvalue weighted by Crippen LogP contribution is -2.21. The largest absolute Gasteiger partial charge is 0.340 e. The summed E-state index contributed by atoms with van der Waals surface area (Å²) in [5.74, 6) is -0.559. The number of fused-ring (bicyclic) bond motifs is 2. The van der Waals surface area contributed by atoms with Crippen molar-refractivity contribution < 1.29 is 9.47 Å². The van der Waals surface area contributed by atoms with Crippen molar-refractivity contribution in [3.63, 3.8) is 0 Å². The summed E-state index contributed by atoms with van der Waals surface area (Å²) < 4.78 is 11.2. The standard InChI is InChI=1S/C11H10O2/c1-2-4-10-9(3-1)5-6-11(10)12-7-8-13-11/h1-6H,7-8H2. The van der Waals surface area contributed by atoms with Crippen LogP contribution in [-0.2, 0) is 15.3 Å². The van der Waals surface area contributed by atoms with Crippen LogP contribution in [0.5, 0.6) is 0 Å². The van der Waals surface area contributed by atoms with Gasteiger partial charge in [-0.1, -0.05) is 30.3 Å². The molecule has 0 radical (unpaired) electrons. The van der Waals surface area contributed by atoms with Crippen LogP contribution < -0.4 is 0 Å². The van der Waals surface area contributed by atoms with Crippen LogP contribution in [0.3, 0.4) is 0 Å². The Balaban J connectivity index is 2.16. The van der Waals surface area contributed by atoms with Gasteiger partial charge in [0.05, 0.1) is 13.2 Å². The van der Waals surface area contributed by atoms with E-state index in [1.807, 2.05) is 18.2 Å². The van der Waals surface area contributed by atoms with Crippen molar-refractivity contribution >= 4 is 6.08 Å². The van der Waals surface area contributed by atoms with Gasteiger partial charge in [0.25, 0.3) is 0 Å². The van der Waals surface area contributed by atoms with E-state index in [9.17, 15) is 0 Å². The van der Waals surface area contributed by atoms with Crippen LogP contribution in [0.4, 0.5) is 0 Å². The third kappa shape index (κ3) is 0.900. The van der Waals surface area contributed by atoms with Gasteiger partial charge in [0, 0.05) is 5.56 Å². The Kier molecular flexibility index (Phi) is 1.37. The van der Waals surface area contributed by atoms with Crippen LogP contribution in [0.15, 0.2) is 30.3 Å². The first kappa shape index (κ1) is 7.30. The van der Waals surface area contributed by atoms with Crippen molar-refractivity contribution in [1.29, 1.82) is 0 Å². The van der Waals surface area contributed by atoms with E-state index in [1.54, 1.807) is 0 Å². The first-order valence-corrected chi connectivity index (χ1v) is 4.47. The predicted octanol–water partition coefficient (Wildman–Crippen LogP) is 1.91. The summed E-state index contributed by atoms with van der Waals surface area (Å²) in [4.78, 5) is 0. The van der Waals surface area contributed by atoms with Crippen molar-refractivity contribution in [2.24, 2.45) is 0 Å². The van der Waals surface area contributed by atoms with Gasteiger partial charge in [0.2, 0.25) is 5.79 Å². The van der Waals surface area contributed by atoms with E-state index in [0.717, 1.165) is 5.56 Å². The average Bonchev–Trinajstić information content (AvgIpc) is 2.78. The van der Waals surface area contributed by atoms with Crippen LogP contribution in [0.2, 0.25) is 0 Å². The van der Waals surface area contributed by atoms with Crippen molar-refractivity contribution in [2.75, 3.05) is 13.2 Å². The second kappa shape index (κ2) is 2.44. The molecule has 66 valence electrons. The molecule has 0 atom stereocenters. The minimum atomic E-state index is -0.559. The molecule has 0 bridgehead atoms. The van der Waals surface area contributed by atoms with E-state index in [1.165, 1.54) is 5.56 Å². The highest BCUT2D eigenvalue weighted by Crippen LogP contribution is 2.40. The smallest absolute Gasteiger partial charge is 0.216 e. The first-order chi connectivity index (χ1) is 6.41. The van der Waals surface area contributed by atoms with E-state index < -0.39 is 5.79 Å². The maximum absolute atomic E-state index is 5.62. The molecule has 1 aromatic carbocycles. The fraction of sp³-hybridized carbons (Fsp3) is 0.273. The Hall–Kier alpha value is -1.12. The highest BCUT2D eigenvalue weighted by molar-refractivity contribution is 5.63. The number of benzene rings is 1. The monoisotopic (exact) mass is 174 g/mol. The Morgan fingerprint density at radius 2 is 1.85 bits per heavy atom. The van der Waals surface area contributed by atoms with Crippen molar-refractivity contribution in [3.05, 3.63) is 41.5 Å². The minimum Gasteiger partial charge on any atom is -0.340 e. The molecule has 2 heteroatoms. The molecule has 1 aliphatic heterocycles. The molecule has 13 heavy (non-hydrogen) atoms. The molecule has 1 heterocycles. The summed E-state index contributed by atoms with van der Waals surface area (Å²) in [5, 5.41) is 0. The zero-order valence-electron chi connectivity index (χ0n) is 7.19. The fourth-order valence-corrected chi connectivity index (χ4v) is 1.93. The van der Waals surface area contributed by atoms with Gasteiger partial charge in [-0.25, -0.2) is 0 Å². The second-order valence-corrected chi connectivity index (χ2v) is 3.29. The summed E-state index contributed by atoms with van der Waals surface area (Å²) >= 11 is 0. The van der Waals surface area contributed by atoms with E-state index in [4.69, 9.17) is 9.47 Å². The molecule has 0 aromatic heterocycles. The van der Waals surface area contributed by atoms with Gasteiger partial charge >= 0.3 is 0 Å². The van der Waals surface area contributed by atoms with Gasteiger partial charge in [0.15, 0.2) is 0 Å². The van der Waals surface area contributed by atoms with Gasteiger partial charge < -0.3 is 9.47 Å². The topological polar surface area (TPSA) is 18.5 Å².